The highest BCUT2D eigenvalue weighted by Crippen LogP contribution is 2.39. The van der Waals surface area contributed by atoms with E-state index in [9.17, 15) is 0 Å². The van der Waals surface area contributed by atoms with Crippen LogP contribution >= 0.6 is 11.8 Å². The van der Waals surface area contributed by atoms with E-state index in [1.165, 1.54) is 10.5 Å². The molecule has 0 aromatic heterocycles. The topological polar surface area (TPSA) is 21.3 Å². The number of rotatable bonds is 3. The molecule has 1 N–H and O–H groups in total. The van der Waals surface area contributed by atoms with Gasteiger partial charge in [-0.2, -0.15) is 0 Å². The summed E-state index contributed by atoms with van der Waals surface area (Å²) in [6, 6.07) is 17.1. The standard InChI is InChI=1S/C15H15NOS/c1-17-12-8-6-11(7-9-12)16-14-10-18-15-5-3-2-4-13(14)15/h2-9,14,16H,10H2,1H3. The van der Waals surface area contributed by atoms with Crippen LogP contribution in [-0.4, -0.2) is 12.9 Å². The number of nitrogens with one attached hydrogen (secondary N) is 1. The van der Waals surface area contributed by atoms with Crippen LogP contribution in [0, 0.1) is 0 Å². The van der Waals surface area contributed by atoms with Crippen molar-refractivity contribution in [3.63, 3.8) is 0 Å². The fraction of sp³-hybridized carbons (Fsp3) is 0.200. The Morgan fingerprint density at radius 2 is 1.89 bits per heavy atom. The van der Waals surface area contributed by atoms with Gasteiger partial charge in [-0.3, -0.25) is 0 Å². The molecule has 0 amide bonds. The highest BCUT2D eigenvalue weighted by Gasteiger charge is 2.22. The normalized spacial score (nSPS) is 17.3. The second kappa shape index (κ2) is 4.94. The van der Waals surface area contributed by atoms with E-state index in [1.807, 2.05) is 23.9 Å². The molecule has 0 saturated heterocycles. The molecule has 1 heterocycles. The Hall–Kier alpha value is -1.61. The Morgan fingerprint density at radius 1 is 1.11 bits per heavy atom. The fourth-order valence-corrected chi connectivity index (χ4v) is 3.33. The van der Waals surface area contributed by atoms with Crippen LogP contribution < -0.4 is 10.1 Å². The molecule has 2 aromatic carbocycles. The maximum atomic E-state index is 5.16. The molecule has 0 bridgehead atoms. The van der Waals surface area contributed by atoms with Crippen molar-refractivity contribution in [2.75, 3.05) is 18.2 Å². The zero-order valence-electron chi connectivity index (χ0n) is 10.2. The van der Waals surface area contributed by atoms with E-state index >= 15 is 0 Å². The number of fused-ring (bicyclic) bond motifs is 1. The summed E-state index contributed by atoms with van der Waals surface area (Å²) in [4.78, 5) is 1.39. The molecule has 18 heavy (non-hydrogen) atoms. The number of methoxy groups -OCH3 is 1. The summed E-state index contributed by atoms with van der Waals surface area (Å²) in [5.41, 5.74) is 2.54. The Kier molecular flexibility index (Phi) is 3.15. The summed E-state index contributed by atoms with van der Waals surface area (Å²) >= 11 is 1.92. The van der Waals surface area contributed by atoms with E-state index in [2.05, 4.69) is 41.7 Å². The van der Waals surface area contributed by atoms with Crippen molar-refractivity contribution < 1.29 is 4.74 Å². The number of benzene rings is 2. The van der Waals surface area contributed by atoms with Crippen molar-refractivity contribution in [3.8, 4) is 5.75 Å². The quantitative estimate of drug-likeness (QED) is 0.899. The van der Waals surface area contributed by atoms with Crippen molar-refractivity contribution in [1.29, 1.82) is 0 Å². The molecule has 0 saturated carbocycles. The molecule has 0 aliphatic carbocycles. The van der Waals surface area contributed by atoms with Gasteiger partial charge >= 0.3 is 0 Å². The number of ether oxygens (including phenoxy) is 1. The fourth-order valence-electron chi connectivity index (χ4n) is 2.17. The molecular formula is C15H15NOS. The maximum Gasteiger partial charge on any atom is 0.119 e. The van der Waals surface area contributed by atoms with Crippen LogP contribution in [-0.2, 0) is 0 Å². The lowest BCUT2D eigenvalue weighted by Gasteiger charge is -2.15. The summed E-state index contributed by atoms with van der Waals surface area (Å²) in [6.45, 7) is 0. The van der Waals surface area contributed by atoms with Crippen molar-refractivity contribution in [2.24, 2.45) is 0 Å². The van der Waals surface area contributed by atoms with E-state index < -0.39 is 0 Å². The van der Waals surface area contributed by atoms with Gasteiger partial charge in [-0.15, -0.1) is 11.8 Å². The summed E-state index contributed by atoms with van der Waals surface area (Å²) in [5, 5.41) is 3.57. The predicted molar refractivity (Wildman–Crippen MR) is 76.5 cm³/mol. The molecule has 0 spiro atoms. The van der Waals surface area contributed by atoms with Crippen molar-refractivity contribution >= 4 is 17.4 Å². The zero-order valence-corrected chi connectivity index (χ0v) is 11.0. The molecule has 1 aliphatic heterocycles. The van der Waals surface area contributed by atoms with Crippen LogP contribution in [0.4, 0.5) is 5.69 Å². The monoisotopic (exact) mass is 257 g/mol. The number of thioether (sulfide) groups is 1. The molecule has 92 valence electrons. The van der Waals surface area contributed by atoms with Crippen LogP contribution in [0.3, 0.4) is 0 Å². The molecule has 0 fully saturated rings. The van der Waals surface area contributed by atoms with Gasteiger partial charge in [0, 0.05) is 16.3 Å². The van der Waals surface area contributed by atoms with Gasteiger partial charge in [0.1, 0.15) is 5.75 Å². The highest BCUT2D eigenvalue weighted by molar-refractivity contribution is 7.99. The van der Waals surface area contributed by atoms with Gasteiger partial charge in [-0.1, -0.05) is 18.2 Å². The van der Waals surface area contributed by atoms with Crippen LogP contribution in [0.2, 0.25) is 0 Å². The minimum atomic E-state index is 0.402. The summed E-state index contributed by atoms with van der Waals surface area (Å²) in [7, 11) is 1.69. The predicted octanol–water partition coefficient (Wildman–Crippen LogP) is 3.95. The number of hydrogen-bond donors (Lipinski definition) is 1. The minimum Gasteiger partial charge on any atom is -0.497 e. The van der Waals surface area contributed by atoms with E-state index in [-0.39, 0.29) is 0 Å². The first-order chi connectivity index (χ1) is 8.86. The van der Waals surface area contributed by atoms with E-state index in [4.69, 9.17) is 4.74 Å². The Labute approximate surface area is 111 Å². The lowest BCUT2D eigenvalue weighted by atomic mass is 10.1. The van der Waals surface area contributed by atoms with Gasteiger partial charge in [0.25, 0.3) is 0 Å². The van der Waals surface area contributed by atoms with Crippen LogP contribution in [0.1, 0.15) is 11.6 Å². The average molecular weight is 257 g/mol. The molecule has 1 atom stereocenters. The summed E-state index contributed by atoms with van der Waals surface area (Å²) in [6.07, 6.45) is 0. The van der Waals surface area contributed by atoms with Gasteiger partial charge in [0.15, 0.2) is 0 Å². The van der Waals surface area contributed by atoms with Gasteiger partial charge in [-0.25, -0.2) is 0 Å². The van der Waals surface area contributed by atoms with E-state index in [0.29, 0.717) is 6.04 Å². The Balaban J connectivity index is 1.77. The number of hydrogen-bond acceptors (Lipinski definition) is 3. The lowest BCUT2D eigenvalue weighted by Crippen LogP contribution is -2.09. The highest BCUT2D eigenvalue weighted by atomic mass is 32.2. The molecule has 2 nitrogen and oxygen atoms in total. The molecule has 3 heteroatoms. The summed E-state index contributed by atoms with van der Waals surface area (Å²) < 4.78 is 5.16. The first-order valence-corrected chi connectivity index (χ1v) is 6.98. The second-order valence-electron chi connectivity index (χ2n) is 4.27. The second-order valence-corrected chi connectivity index (χ2v) is 5.34. The Bertz CT molecular complexity index is 538. The smallest absolute Gasteiger partial charge is 0.119 e. The van der Waals surface area contributed by atoms with Crippen LogP contribution in [0.5, 0.6) is 5.75 Å². The summed E-state index contributed by atoms with van der Waals surface area (Å²) in [5.74, 6) is 1.98. The van der Waals surface area contributed by atoms with E-state index in [0.717, 1.165) is 17.2 Å². The van der Waals surface area contributed by atoms with Crippen molar-refractivity contribution in [2.45, 2.75) is 10.9 Å². The van der Waals surface area contributed by atoms with Gasteiger partial charge < -0.3 is 10.1 Å². The molecular weight excluding hydrogens is 242 g/mol. The molecule has 0 radical (unpaired) electrons. The first-order valence-electron chi connectivity index (χ1n) is 5.99. The minimum absolute atomic E-state index is 0.402. The molecule has 1 aliphatic rings. The Morgan fingerprint density at radius 3 is 2.67 bits per heavy atom. The van der Waals surface area contributed by atoms with Crippen LogP contribution in [0.15, 0.2) is 53.4 Å². The molecule has 2 aromatic rings. The third-order valence-corrected chi connectivity index (χ3v) is 4.31. The lowest BCUT2D eigenvalue weighted by molar-refractivity contribution is 0.415. The van der Waals surface area contributed by atoms with Crippen molar-refractivity contribution in [3.05, 3.63) is 54.1 Å². The van der Waals surface area contributed by atoms with Crippen LogP contribution in [0.25, 0.3) is 0 Å². The first kappa shape index (κ1) is 11.5. The maximum absolute atomic E-state index is 5.16. The largest absolute Gasteiger partial charge is 0.497 e. The average Bonchev–Trinajstić information content (AvgIpc) is 2.83. The van der Waals surface area contributed by atoms with Gasteiger partial charge in [0.2, 0.25) is 0 Å². The third-order valence-electron chi connectivity index (χ3n) is 3.13. The SMILES string of the molecule is COc1ccc(NC2CSc3ccccc32)cc1. The molecule has 3 rings (SSSR count). The van der Waals surface area contributed by atoms with Gasteiger partial charge in [-0.05, 0) is 35.9 Å². The zero-order chi connectivity index (χ0) is 12.4. The van der Waals surface area contributed by atoms with Crippen molar-refractivity contribution in [1.82, 2.24) is 0 Å². The van der Waals surface area contributed by atoms with E-state index in [1.54, 1.807) is 7.11 Å². The molecule has 1 unspecified atom stereocenters. The van der Waals surface area contributed by atoms with Gasteiger partial charge in [0.05, 0.1) is 13.2 Å². The third kappa shape index (κ3) is 2.18. The number of anilines is 1.